The van der Waals surface area contributed by atoms with Crippen molar-refractivity contribution >= 4 is 5.69 Å². The number of nitrogens with one attached hydrogen (secondary N) is 1. The number of anilines is 1. The van der Waals surface area contributed by atoms with E-state index < -0.39 is 0 Å². The highest BCUT2D eigenvalue weighted by molar-refractivity contribution is 5.47. The first-order valence-electron chi connectivity index (χ1n) is 5.58. The van der Waals surface area contributed by atoms with Crippen molar-refractivity contribution in [3.05, 3.63) is 24.3 Å². The van der Waals surface area contributed by atoms with E-state index in [0.29, 0.717) is 12.0 Å². The summed E-state index contributed by atoms with van der Waals surface area (Å²) in [6, 6.07) is 8.62. The van der Waals surface area contributed by atoms with Gasteiger partial charge in [-0.3, -0.25) is 0 Å². The Bertz CT molecular complexity index is 279. The summed E-state index contributed by atoms with van der Waals surface area (Å²) >= 11 is 0. The predicted molar refractivity (Wildman–Crippen MR) is 65.5 cm³/mol. The molecule has 1 aromatic carbocycles. The number of rotatable bonds is 5. The van der Waals surface area contributed by atoms with Gasteiger partial charge in [0.1, 0.15) is 5.75 Å². The van der Waals surface area contributed by atoms with Gasteiger partial charge in [0.25, 0.3) is 0 Å². The van der Waals surface area contributed by atoms with Crippen LogP contribution in [0.15, 0.2) is 24.3 Å². The molecule has 0 saturated heterocycles. The van der Waals surface area contributed by atoms with E-state index >= 15 is 0 Å². The molecule has 1 atom stereocenters. The van der Waals surface area contributed by atoms with Crippen molar-refractivity contribution in [2.75, 3.05) is 12.4 Å². The van der Waals surface area contributed by atoms with E-state index in [9.17, 15) is 0 Å². The first-order valence-corrected chi connectivity index (χ1v) is 5.58. The molecule has 2 nitrogen and oxygen atoms in total. The fourth-order valence-corrected chi connectivity index (χ4v) is 1.64. The van der Waals surface area contributed by atoms with Gasteiger partial charge < -0.3 is 10.1 Å². The molecule has 0 amide bonds. The lowest BCUT2D eigenvalue weighted by atomic mass is 10.0. The molecule has 2 heteroatoms. The van der Waals surface area contributed by atoms with Crippen LogP contribution in [-0.4, -0.2) is 13.2 Å². The molecule has 1 aromatic rings. The Morgan fingerprint density at radius 3 is 2.20 bits per heavy atom. The third kappa shape index (κ3) is 3.46. The van der Waals surface area contributed by atoms with Gasteiger partial charge >= 0.3 is 0 Å². The molecule has 0 fully saturated rings. The van der Waals surface area contributed by atoms with Crippen molar-refractivity contribution in [2.24, 2.45) is 5.92 Å². The van der Waals surface area contributed by atoms with Crippen LogP contribution in [0.3, 0.4) is 0 Å². The number of ether oxygens (including phenoxy) is 1. The van der Waals surface area contributed by atoms with Crippen LogP contribution in [0.1, 0.15) is 27.2 Å². The molecule has 1 unspecified atom stereocenters. The molecule has 0 radical (unpaired) electrons. The van der Waals surface area contributed by atoms with Crippen LogP contribution in [0.2, 0.25) is 0 Å². The summed E-state index contributed by atoms with van der Waals surface area (Å²) in [6.45, 7) is 6.69. The Labute approximate surface area is 92.6 Å². The summed E-state index contributed by atoms with van der Waals surface area (Å²) in [5.41, 5.74) is 1.16. The molecule has 0 aliphatic rings. The Kier molecular flexibility index (Phi) is 4.47. The van der Waals surface area contributed by atoms with E-state index in [1.165, 1.54) is 0 Å². The van der Waals surface area contributed by atoms with Gasteiger partial charge in [-0.05, 0) is 36.6 Å². The molecule has 0 aliphatic heterocycles. The van der Waals surface area contributed by atoms with E-state index in [1.54, 1.807) is 7.11 Å². The van der Waals surface area contributed by atoms with Crippen molar-refractivity contribution < 1.29 is 4.74 Å². The average Bonchev–Trinajstić information content (AvgIpc) is 2.26. The lowest BCUT2D eigenvalue weighted by Crippen LogP contribution is -2.24. The predicted octanol–water partition coefficient (Wildman–Crippen LogP) is 3.54. The van der Waals surface area contributed by atoms with Crippen LogP contribution in [0, 0.1) is 5.92 Å². The first kappa shape index (κ1) is 11.9. The zero-order valence-corrected chi connectivity index (χ0v) is 10.1. The van der Waals surface area contributed by atoms with E-state index in [4.69, 9.17) is 4.74 Å². The minimum absolute atomic E-state index is 0.540. The van der Waals surface area contributed by atoms with E-state index in [-0.39, 0.29) is 0 Å². The smallest absolute Gasteiger partial charge is 0.119 e. The molecule has 1 rings (SSSR count). The third-order valence-corrected chi connectivity index (χ3v) is 2.69. The zero-order valence-electron chi connectivity index (χ0n) is 10.1. The molecular weight excluding hydrogens is 186 g/mol. The Balaban J connectivity index is 2.63. The highest BCUT2D eigenvalue weighted by Gasteiger charge is 2.09. The number of benzene rings is 1. The van der Waals surface area contributed by atoms with Crippen molar-refractivity contribution in [1.29, 1.82) is 0 Å². The SMILES string of the molecule is CCC(Nc1ccc(OC)cc1)C(C)C. The number of hydrogen-bond donors (Lipinski definition) is 1. The number of methoxy groups -OCH3 is 1. The monoisotopic (exact) mass is 207 g/mol. The van der Waals surface area contributed by atoms with Gasteiger partial charge in [0.05, 0.1) is 7.11 Å². The maximum absolute atomic E-state index is 5.12. The summed E-state index contributed by atoms with van der Waals surface area (Å²) < 4.78 is 5.12. The minimum Gasteiger partial charge on any atom is -0.497 e. The molecule has 0 bridgehead atoms. The maximum atomic E-state index is 5.12. The molecule has 0 spiro atoms. The second-order valence-corrected chi connectivity index (χ2v) is 4.13. The molecular formula is C13H21NO. The van der Waals surface area contributed by atoms with Gasteiger partial charge in [0, 0.05) is 11.7 Å². The molecule has 1 N–H and O–H groups in total. The van der Waals surface area contributed by atoms with Crippen molar-refractivity contribution in [1.82, 2.24) is 0 Å². The van der Waals surface area contributed by atoms with Gasteiger partial charge in [-0.2, -0.15) is 0 Å². The number of hydrogen-bond acceptors (Lipinski definition) is 2. The fraction of sp³-hybridized carbons (Fsp3) is 0.538. The van der Waals surface area contributed by atoms with Gasteiger partial charge in [-0.15, -0.1) is 0 Å². The summed E-state index contributed by atoms with van der Waals surface area (Å²) in [5.74, 6) is 1.55. The summed E-state index contributed by atoms with van der Waals surface area (Å²) in [7, 11) is 1.69. The average molecular weight is 207 g/mol. The van der Waals surface area contributed by atoms with Crippen LogP contribution in [0.4, 0.5) is 5.69 Å². The van der Waals surface area contributed by atoms with Gasteiger partial charge in [0.15, 0.2) is 0 Å². The maximum Gasteiger partial charge on any atom is 0.119 e. The normalized spacial score (nSPS) is 12.6. The minimum atomic E-state index is 0.540. The summed E-state index contributed by atoms with van der Waals surface area (Å²) in [4.78, 5) is 0. The fourth-order valence-electron chi connectivity index (χ4n) is 1.64. The van der Waals surface area contributed by atoms with E-state index in [2.05, 4.69) is 38.2 Å². The van der Waals surface area contributed by atoms with Crippen LogP contribution in [0.5, 0.6) is 5.75 Å². The lowest BCUT2D eigenvalue weighted by Gasteiger charge is -2.22. The van der Waals surface area contributed by atoms with Crippen molar-refractivity contribution in [3.63, 3.8) is 0 Å². The van der Waals surface area contributed by atoms with E-state index in [1.807, 2.05) is 12.1 Å². The molecule has 0 aromatic heterocycles. The molecule has 0 saturated carbocycles. The Hall–Kier alpha value is -1.18. The van der Waals surface area contributed by atoms with E-state index in [0.717, 1.165) is 17.9 Å². The van der Waals surface area contributed by atoms with Crippen LogP contribution in [-0.2, 0) is 0 Å². The highest BCUT2D eigenvalue weighted by atomic mass is 16.5. The highest BCUT2D eigenvalue weighted by Crippen LogP contribution is 2.18. The summed E-state index contributed by atoms with van der Waals surface area (Å²) in [5, 5.41) is 3.52. The first-order chi connectivity index (χ1) is 7.17. The van der Waals surface area contributed by atoms with Crippen LogP contribution < -0.4 is 10.1 Å². The largest absolute Gasteiger partial charge is 0.497 e. The summed E-state index contributed by atoms with van der Waals surface area (Å²) in [6.07, 6.45) is 1.14. The van der Waals surface area contributed by atoms with Gasteiger partial charge in [-0.1, -0.05) is 20.8 Å². The lowest BCUT2D eigenvalue weighted by molar-refractivity contribution is 0.415. The topological polar surface area (TPSA) is 21.3 Å². The van der Waals surface area contributed by atoms with Crippen molar-refractivity contribution in [3.8, 4) is 5.75 Å². The third-order valence-electron chi connectivity index (χ3n) is 2.69. The van der Waals surface area contributed by atoms with Gasteiger partial charge in [0.2, 0.25) is 0 Å². The molecule has 0 heterocycles. The molecule has 15 heavy (non-hydrogen) atoms. The Morgan fingerprint density at radius 2 is 1.80 bits per heavy atom. The zero-order chi connectivity index (χ0) is 11.3. The second kappa shape index (κ2) is 5.64. The van der Waals surface area contributed by atoms with Crippen molar-refractivity contribution in [2.45, 2.75) is 33.2 Å². The second-order valence-electron chi connectivity index (χ2n) is 4.13. The standard InChI is InChI=1S/C13H21NO/c1-5-13(10(2)3)14-11-6-8-12(15-4)9-7-11/h6-10,13-14H,5H2,1-4H3. The van der Waals surface area contributed by atoms with Crippen LogP contribution >= 0.6 is 0 Å². The molecule has 0 aliphatic carbocycles. The van der Waals surface area contributed by atoms with Crippen LogP contribution in [0.25, 0.3) is 0 Å². The van der Waals surface area contributed by atoms with Gasteiger partial charge in [-0.25, -0.2) is 0 Å². The molecule has 84 valence electrons. The Morgan fingerprint density at radius 1 is 1.20 bits per heavy atom. The quantitative estimate of drug-likeness (QED) is 0.797.